The van der Waals surface area contributed by atoms with E-state index < -0.39 is 5.82 Å². The van der Waals surface area contributed by atoms with E-state index in [9.17, 15) is 9.18 Å². The molecule has 0 bridgehead atoms. The molecule has 0 spiro atoms. The molecule has 0 heterocycles. The second kappa shape index (κ2) is 5.75. The van der Waals surface area contributed by atoms with Gasteiger partial charge in [0.1, 0.15) is 5.82 Å². The fourth-order valence-corrected chi connectivity index (χ4v) is 1.98. The van der Waals surface area contributed by atoms with Crippen LogP contribution in [0, 0.1) is 5.82 Å². The van der Waals surface area contributed by atoms with Gasteiger partial charge in [-0.25, -0.2) is 4.39 Å². The first-order chi connectivity index (χ1) is 9.10. The molecule has 0 fully saturated rings. The molecular formula is C14H13FN2OS. The van der Waals surface area contributed by atoms with E-state index in [1.165, 1.54) is 18.2 Å². The SMILES string of the molecule is CSc1ccc(C(=O)Nc2cc(F)ccc2N)cc1. The van der Waals surface area contributed by atoms with Gasteiger partial charge in [0.2, 0.25) is 0 Å². The molecule has 1 amide bonds. The first-order valence-corrected chi connectivity index (χ1v) is 6.83. The molecule has 2 rings (SSSR count). The zero-order chi connectivity index (χ0) is 13.8. The van der Waals surface area contributed by atoms with Crippen molar-refractivity contribution in [2.45, 2.75) is 4.90 Å². The third kappa shape index (κ3) is 3.26. The van der Waals surface area contributed by atoms with Crippen molar-refractivity contribution in [2.75, 3.05) is 17.3 Å². The van der Waals surface area contributed by atoms with Crippen molar-refractivity contribution in [1.29, 1.82) is 0 Å². The maximum Gasteiger partial charge on any atom is 0.255 e. The van der Waals surface area contributed by atoms with Gasteiger partial charge in [0.25, 0.3) is 5.91 Å². The molecule has 0 saturated heterocycles. The maximum absolute atomic E-state index is 13.1. The molecule has 0 aromatic heterocycles. The Morgan fingerprint density at radius 2 is 1.89 bits per heavy atom. The van der Waals surface area contributed by atoms with Crippen molar-refractivity contribution >= 4 is 29.0 Å². The van der Waals surface area contributed by atoms with Gasteiger partial charge < -0.3 is 11.1 Å². The number of amides is 1. The number of hydrogen-bond acceptors (Lipinski definition) is 3. The minimum absolute atomic E-state index is 0.277. The van der Waals surface area contributed by atoms with Crippen LogP contribution in [0.5, 0.6) is 0 Å². The van der Waals surface area contributed by atoms with Gasteiger partial charge in [-0.15, -0.1) is 11.8 Å². The van der Waals surface area contributed by atoms with E-state index in [2.05, 4.69) is 5.32 Å². The Morgan fingerprint density at radius 3 is 2.53 bits per heavy atom. The Bertz CT molecular complexity index is 599. The van der Waals surface area contributed by atoms with E-state index in [0.29, 0.717) is 11.3 Å². The molecule has 0 radical (unpaired) electrons. The summed E-state index contributed by atoms with van der Waals surface area (Å²) in [6, 6.07) is 11.0. The first kappa shape index (κ1) is 13.4. The summed E-state index contributed by atoms with van der Waals surface area (Å²) in [7, 11) is 0. The van der Waals surface area contributed by atoms with Crippen LogP contribution in [0.25, 0.3) is 0 Å². The van der Waals surface area contributed by atoms with Crippen LogP contribution in [0.2, 0.25) is 0 Å². The number of anilines is 2. The molecule has 98 valence electrons. The van der Waals surface area contributed by atoms with Gasteiger partial charge in [0, 0.05) is 10.5 Å². The molecule has 0 atom stereocenters. The standard InChI is InChI=1S/C14H13FN2OS/c1-19-11-5-2-9(3-6-11)14(18)17-13-8-10(15)4-7-12(13)16/h2-8H,16H2,1H3,(H,17,18). The highest BCUT2D eigenvalue weighted by Crippen LogP contribution is 2.21. The lowest BCUT2D eigenvalue weighted by atomic mass is 10.2. The number of carbonyl (C=O) groups is 1. The number of nitrogens with one attached hydrogen (secondary N) is 1. The minimum Gasteiger partial charge on any atom is -0.397 e. The number of benzene rings is 2. The average Bonchev–Trinajstić information content (AvgIpc) is 2.43. The van der Waals surface area contributed by atoms with E-state index >= 15 is 0 Å². The summed E-state index contributed by atoms with van der Waals surface area (Å²) in [4.78, 5) is 13.1. The number of hydrogen-bond donors (Lipinski definition) is 2. The number of carbonyl (C=O) groups excluding carboxylic acids is 1. The van der Waals surface area contributed by atoms with E-state index in [-0.39, 0.29) is 11.6 Å². The van der Waals surface area contributed by atoms with Gasteiger partial charge in [0.15, 0.2) is 0 Å². The fraction of sp³-hybridized carbons (Fsp3) is 0.0714. The van der Waals surface area contributed by atoms with Crippen LogP contribution in [-0.2, 0) is 0 Å². The third-order valence-corrected chi connectivity index (χ3v) is 3.36. The number of nitrogens with two attached hydrogens (primary N) is 1. The molecule has 0 aliphatic carbocycles. The van der Waals surface area contributed by atoms with Gasteiger partial charge in [-0.05, 0) is 48.7 Å². The topological polar surface area (TPSA) is 55.1 Å². The second-order valence-corrected chi connectivity index (χ2v) is 4.79. The Labute approximate surface area is 115 Å². The molecule has 0 saturated carbocycles. The normalized spacial score (nSPS) is 10.2. The molecule has 3 nitrogen and oxygen atoms in total. The molecule has 3 N–H and O–H groups in total. The monoisotopic (exact) mass is 276 g/mol. The lowest BCUT2D eigenvalue weighted by molar-refractivity contribution is 0.102. The molecule has 0 aliphatic heterocycles. The average molecular weight is 276 g/mol. The summed E-state index contributed by atoms with van der Waals surface area (Å²) in [5, 5.41) is 2.59. The van der Waals surface area contributed by atoms with Crippen LogP contribution in [0.15, 0.2) is 47.4 Å². The summed E-state index contributed by atoms with van der Waals surface area (Å²) < 4.78 is 13.1. The molecule has 19 heavy (non-hydrogen) atoms. The van der Waals surface area contributed by atoms with Crippen molar-refractivity contribution in [3.63, 3.8) is 0 Å². The van der Waals surface area contributed by atoms with Crippen molar-refractivity contribution in [2.24, 2.45) is 0 Å². The van der Waals surface area contributed by atoms with Crippen LogP contribution >= 0.6 is 11.8 Å². The Kier molecular flexibility index (Phi) is 4.06. The van der Waals surface area contributed by atoms with Crippen LogP contribution in [-0.4, -0.2) is 12.2 Å². The second-order valence-electron chi connectivity index (χ2n) is 3.91. The highest BCUT2D eigenvalue weighted by molar-refractivity contribution is 7.98. The smallest absolute Gasteiger partial charge is 0.255 e. The lowest BCUT2D eigenvalue weighted by Crippen LogP contribution is -2.13. The summed E-state index contributed by atoms with van der Waals surface area (Å²) in [6.45, 7) is 0. The van der Waals surface area contributed by atoms with Gasteiger partial charge in [0.05, 0.1) is 11.4 Å². The van der Waals surface area contributed by atoms with Crippen molar-refractivity contribution in [3.8, 4) is 0 Å². The van der Waals surface area contributed by atoms with E-state index in [1.54, 1.807) is 23.9 Å². The number of rotatable bonds is 3. The molecule has 2 aromatic rings. The molecule has 2 aromatic carbocycles. The Hall–Kier alpha value is -2.01. The number of halogens is 1. The van der Waals surface area contributed by atoms with Crippen LogP contribution in [0.4, 0.5) is 15.8 Å². The quantitative estimate of drug-likeness (QED) is 0.667. The molecule has 0 unspecified atom stereocenters. The van der Waals surface area contributed by atoms with Crippen LogP contribution in [0.3, 0.4) is 0 Å². The highest BCUT2D eigenvalue weighted by Gasteiger charge is 2.08. The largest absolute Gasteiger partial charge is 0.397 e. The number of thioether (sulfide) groups is 1. The molecule has 0 aliphatic rings. The predicted molar refractivity (Wildman–Crippen MR) is 77.0 cm³/mol. The molecule has 5 heteroatoms. The van der Waals surface area contributed by atoms with E-state index in [1.807, 2.05) is 18.4 Å². The first-order valence-electron chi connectivity index (χ1n) is 5.60. The zero-order valence-corrected chi connectivity index (χ0v) is 11.1. The van der Waals surface area contributed by atoms with Gasteiger partial charge >= 0.3 is 0 Å². The number of nitrogen functional groups attached to an aromatic ring is 1. The van der Waals surface area contributed by atoms with E-state index in [0.717, 1.165) is 4.90 Å². The highest BCUT2D eigenvalue weighted by atomic mass is 32.2. The van der Waals surface area contributed by atoms with Crippen molar-refractivity contribution in [3.05, 3.63) is 53.8 Å². The Balaban J connectivity index is 2.18. The van der Waals surface area contributed by atoms with E-state index in [4.69, 9.17) is 5.73 Å². The van der Waals surface area contributed by atoms with Crippen molar-refractivity contribution in [1.82, 2.24) is 0 Å². The third-order valence-electron chi connectivity index (χ3n) is 2.62. The maximum atomic E-state index is 13.1. The zero-order valence-electron chi connectivity index (χ0n) is 10.3. The predicted octanol–water partition coefficient (Wildman–Crippen LogP) is 3.38. The Morgan fingerprint density at radius 1 is 1.21 bits per heavy atom. The summed E-state index contributed by atoms with van der Waals surface area (Å²) >= 11 is 1.60. The lowest BCUT2D eigenvalue weighted by Gasteiger charge is -2.08. The van der Waals surface area contributed by atoms with Crippen LogP contribution < -0.4 is 11.1 Å². The minimum atomic E-state index is -0.442. The molecular weight excluding hydrogens is 263 g/mol. The summed E-state index contributed by atoms with van der Waals surface area (Å²) in [6.07, 6.45) is 1.96. The summed E-state index contributed by atoms with van der Waals surface area (Å²) in [5.74, 6) is -0.757. The van der Waals surface area contributed by atoms with Gasteiger partial charge in [-0.3, -0.25) is 4.79 Å². The fourth-order valence-electron chi connectivity index (χ4n) is 1.57. The summed E-state index contributed by atoms with van der Waals surface area (Å²) in [5.41, 5.74) is 6.78. The van der Waals surface area contributed by atoms with Crippen LogP contribution in [0.1, 0.15) is 10.4 Å². The van der Waals surface area contributed by atoms with Gasteiger partial charge in [-0.2, -0.15) is 0 Å². The van der Waals surface area contributed by atoms with Crippen molar-refractivity contribution < 1.29 is 9.18 Å². The van der Waals surface area contributed by atoms with Gasteiger partial charge in [-0.1, -0.05) is 0 Å².